The number of benzene rings is 1. The van der Waals surface area contributed by atoms with Crippen molar-refractivity contribution in [2.45, 2.75) is 26.4 Å². The van der Waals surface area contributed by atoms with Gasteiger partial charge in [0.25, 0.3) is 5.69 Å². The fourth-order valence-corrected chi connectivity index (χ4v) is 1.43. The van der Waals surface area contributed by atoms with Crippen LogP contribution in [0.5, 0.6) is 0 Å². The smallest absolute Gasteiger partial charge is 0.278 e. The fraction of sp³-hybridized carbons (Fsp3) is 0.400. The van der Waals surface area contributed by atoms with Crippen molar-refractivity contribution in [3.63, 3.8) is 0 Å². The number of nitro benzene ring substituents is 1. The summed E-state index contributed by atoms with van der Waals surface area (Å²) in [6.07, 6.45) is 0. The van der Waals surface area contributed by atoms with E-state index in [4.69, 9.17) is 5.11 Å². The summed E-state index contributed by atoms with van der Waals surface area (Å²) in [7, 11) is 0. The van der Waals surface area contributed by atoms with Gasteiger partial charge in [-0.1, -0.05) is 26.0 Å². The zero-order valence-electron chi connectivity index (χ0n) is 8.23. The van der Waals surface area contributed by atoms with Gasteiger partial charge in [-0.15, -0.1) is 0 Å². The number of nitrogens with zero attached hydrogens (tertiary/aromatic N) is 1. The molecule has 4 nitrogen and oxygen atoms in total. The van der Waals surface area contributed by atoms with Crippen molar-refractivity contribution in [2.75, 3.05) is 0 Å². The molecule has 1 aromatic rings. The molecule has 0 aliphatic rings. The topological polar surface area (TPSA) is 63.4 Å². The van der Waals surface area contributed by atoms with Crippen molar-refractivity contribution >= 4 is 5.69 Å². The molecule has 0 aromatic heterocycles. The molecule has 4 heteroatoms. The van der Waals surface area contributed by atoms with Gasteiger partial charge < -0.3 is 5.11 Å². The highest BCUT2D eigenvalue weighted by molar-refractivity contribution is 5.48. The normalized spacial score (nSPS) is 10.6. The summed E-state index contributed by atoms with van der Waals surface area (Å²) in [4.78, 5) is 10.4. The van der Waals surface area contributed by atoms with E-state index in [1.807, 2.05) is 13.8 Å². The average Bonchev–Trinajstić information content (AvgIpc) is 2.16. The summed E-state index contributed by atoms with van der Waals surface area (Å²) in [5.41, 5.74) is 1.09. The Bertz CT molecular complexity index is 347. The predicted octanol–water partition coefficient (Wildman–Crippen LogP) is 2.21. The SMILES string of the molecule is CC(C)c1cccc(CO)c1[N+](=O)[O-]. The van der Waals surface area contributed by atoms with Gasteiger partial charge in [0.15, 0.2) is 0 Å². The third-order valence-corrected chi connectivity index (χ3v) is 2.13. The maximum Gasteiger partial charge on any atom is 0.278 e. The van der Waals surface area contributed by atoms with Gasteiger partial charge in [-0.2, -0.15) is 0 Å². The molecule has 0 unspecified atom stereocenters. The zero-order chi connectivity index (χ0) is 10.7. The van der Waals surface area contributed by atoms with Gasteiger partial charge in [0.05, 0.1) is 17.1 Å². The van der Waals surface area contributed by atoms with E-state index < -0.39 is 4.92 Å². The van der Waals surface area contributed by atoms with Crippen LogP contribution in [0.1, 0.15) is 30.9 Å². The third kappa shape index (κ3) is 1.90. The maximum atomic E-state index is 10.8. The highest BCUT2D eigenvalue weighted by Gasteiger charge is 2.20. The molecule has 0 saturated heterocycles. The standard InChI is InChI=1S/C10H13NO3/c1-7(2)9-5-3-4-8(6-12)10(9)11(13)14/h3-5,7,12H,6H2,1-2H3. The second-order valence-electron chi connectivity index (χ2n) is 3.42. The van der Waals surface area contributed by atoms with Crippen LogP contribution in [-0.4, -0.2) is 10.0 Å². The van der Waals surface area contributed by atoms with Gasteiger partial charge in [0.2, 0.25) is 0 Å². The maximum absolute atomic E-state index is 10.8. The summed E-state index contributed by atoms with van der Waals surface area (Å²) < 4.78 is 0. The summed E-state index contributed by atoms with van der Waals surface area (Å²) in [6.45, 7) is 3.49. The second kappa shape index (κ2) is 4.19. The Kier molecular flexibility index (Phi) is 3.19. The van der Waals surface area contributed by atoms with E-state index in [9.17, 15) is 10.1 Å². The van der Waals surface area contributed by atoms with Crippen molar-refractivity contribution in [1.29, 1.82) is 0 Å². The largest absolute Gasteiger partial charge is 0.391 e. The van der Waals surface area contributed by atoms with Crippen LogP contribution in [0.3, 0.4) is 0 Å². The van der Waals surface area contributed by atoms with Crippen molar-refractivity contribution < 1.29 is 10.0 Å². The first kappa shape index (κ1) is 10.7. The van der Waals surface area contributed by atoms with Gasteiger partial charge in [-0.25, -0.2) is 0 Å². The number of para-hydroxylation sites is 1. The second-order valence-corrected chi connectivity index (χ2v) is 3.42. The average molecular weight is 195 g/mol. The summed E-state index contributed by atoms with van der Waals surface area (Å²) in [5.74, 6) is 0.0851. The van der Waals surface area contributed by atoms with Crippen molar-refractivity contribution in [1.82, 2.24) is 0 Å². The molecule has 0 radical (unpaired) electrons. The first-order valence-electron chi connectivity index (χ1n) is 4.45. The monoisotopic (exact) mass is 195 g/mol. The van der Waals surface area contributed by atoms with Crippen LogP contribution < -0.4 is 0 Å². The van der Waals surface area contributed by atoms with Gasteiger partial charge in [-0.05, 0) is 12.0 Å². The molecule has 0 aliphatic carbocycles. The number of hydrogen-bond donors (Lipinski definition) is 1. The number of aliphatic hydroxyl groups is 1. The Labute approximate surface area is 82.3 Å². The van der Waals surface area contributed by atoms with Gasteiger partial charge in [-0.3, -0.25) is 10.1 Å². The van der Waals surface area contributed by atoms with Crippen molar-refractivity contribution in [3.05, 3.63) is 39.4 Å². The van der Waals surface area contributed by atoms with E-state index >= 15 is 0 Å². The van der Waals surface area contributed by atoms with E-state index in [-0.39, 0.29) is 18.2 Å². The first-order chi connectivity index (χ1) is 6.57. The lowest BCUT2D eigenvalue weighted by Gasteiger charge is -2.08. The lowest BCUT2D eigenvalue weighted by Crippen LogP contribution is -2.01. The van der Waals surface area contributed by atoms with E-state index in [1.165, 1.54) is 0 Å². The van der Waals surface area contributed by atoms with Crippen LogP contribution in [0.2, 0.25) is 0 Å². The molecule has 1 N–H and O–H groups in total. The van der Waals surface area contributed by atoms with Crippen molar-refractivity contribution in [3.8, 4) is 0 Å². The minimum Gasteiger partial charge on any atom is -0.391 e. The molecule has 0 spiro atoms. The molecule has 76 valence electrons. The van der Waals surface area contributed by atoms with Gasteiger partial charge in [0.1, 0.15) is 0 Å². The van der Waals surface area contributed by atoms with E-state index in [0.717, 1.165) is 0 Å². The van der Waals surface area contributed by atoms with E-state index in [1.54, 1.807) is 18.2 Å². The molecule has 0 aliphatic heterocycles. The highest BCUT2D eigenvalue weighted by Crippen LogP contribution is 2.29. The van der Waals surface area contributed by atoms with E-state index in [0.29, 0.717) is 11.1 Å². The molecule has 0 amide bonds. The lowest BCUT2D eigenvalue weighted by atomic mass is 9.98. The molecule has 0 saturated carbocycles. The summed E-state index contributed by atoms with van der Waals surface area (Å²) >= 11 is 0. The fourth-order valence-electron chi connectivity index (χ4n) is 1.43. The Balaban J connectivity index is 3.35. The number of rotatable bonds is 3. The molecule has 1 rings (SSSR count). The van der Waals surface area contributed by atoms with Crippen LogP contribution in [0.15, 0.2) is 18.2 Å². The third-order valence-electron chi connectivity index (χ3n) is 2.13. The number of hydrogen-bond acceptors (Lipinski definition) is 3. The van der Waals surface area contributed by atoms with Gasteiger partial charge in [0, 0.05) is 5.56 Å². The Morgan fingerprint density at radius 3 is 2.57 bits per heavy atom. The summed E-state index contributed by atoms with van der Waals surface area (Å²) in [5, 5.41) is 19.8. The molecule has 1 aromatic carbocycles. The van der Waals surface area contributed by atoms with Crippen LogP contribution in [0.25, 0.3) is 0 Å². The number of nitro groups is 1. The van der Waals surface area contributed by atoms with Gasteiger partial charge >= 0.3 is 0 Å². The van der Waals surface area contributed by atoms with Crippen LogP contribution in [0.4, 0.5) is 5.69 Å². The molecule has 14 heavy (non-hydrogen) atoms. The highest BCUT2D eigenvalue weighted by atomic mass is 16.6. The van der Waals surface area contributed by atoms with Crippen molar-refractivity contribution in [2.24, 2.45) is 0 Å². The Hall–Kier alpha value is -1.42. The summed E-state index contributed by atoms with van der Waals surface area (Å²) in [6, 6.07) is 5.03. The van der Waals surface area contributed by atoms with Crippen LogP contribution >= 0.6 is 0 Å². The quantitative estimate of drug-likeness (QED) is 0.594. The van der Waals surface area contributed by atoms with Crippen LogP contribution in [0, 0.1) is 10.1 Å². The molecule has 0 heterocycles. The zero-order valence-corrected chi connectivity index (χ0v) is 8.23. The molecule has 0 atom stereocenters. The predicted molar refractivity (Wildman–Crippen MR) is 53.1 cm³/mol. The molecular weight excluding hydrogens is 182 g/mol. The molecule has 0 bridgehead atoms. The Morgan fingerprint density at radius 1 is 1.50 bits per heavy atom. The minimum absolute atomic E-state index is 0.0463. The molecular formula is C10H13NO3. The first-order valence-corrected chi connectivity index (χ1v) is 4.45. The number of aliphatic hydroxyl groups excluding tert-OH is 1. The molecule has 0 fully saturated rings. The lowest BCUT2D eigenvalue weighted by molar-refractivity contribution is -0.386. The minimum atomic E-state index is -0.430. The van der Waals surface area contributed by atoms with Crippen LogP contribution in [-0.2, 0) is 6.61 Å². The van der Waals surface area contributed by atoms with E-state index in [2.05, 4.69) is 0 Å². The Morgan fingerprint density at radius 2 is 2.14 bits per heavy atom.